The van der Waals surface area contributed by atoms with Gasteiger partial charge in [-0.2, -0.15) is 0 Å². The van der Waals surface area contributed by atoms with E-state index in [4.69, 9.17) is 0 Å². The lowest BCUT2D eigenvalue weighted by atomic mass is 10.1. The zero-order valence-electron chi connectivity index (χ0n) is 9.04. The van der Waals surface area contributed by atoms with Gasteiger partial charge in [-0.1, -0.05) is 0 Å². The van der Waals surface area contributed by atoms with Gasteiger partial charge >= 0.3 is 0 Å². The lowest BCUT2D eigenvalue weighted by Crippen LogP contribution is -2.30. The van der Waals surface area contributed by atoms with Crippen molar-refractivity contribution in [3.63, 3.8) is 0 Å². The summed E-state index contributed by atoms with van der Waals surface area (Å²) in [5, 5.41) is 0. The Labute approximate surface area is 86.1 Å². The van der Waals surface area contributed by atoms with Gasteiger partial charge < -0.3 is 9.80 Å². The molecule has 1 amide bonds. The van der Waals surface area contributed by atoms with Gasteiger partial charge in [0.2, 0.25) is 5.91 Å². The molecule has 0 spiro atoms. The molecule has 1 atom stereocenters. The van der Waals surface area contributed by atoms with Crippen LogP contribution in [0, 0.1) is 5.92 Å². The molecule has 0 saturated carbocycles. The van der Waals surface area contributed by atoms with E-state index in [-0.39, 0.29) is 5.91 Å². The van der Waals surface area contributed by atoms with Crippen molar-refractivity contribution in [3.05, 3.63) is 0 Å². The predicted octanol–water partition coefficient (Wildman–Crippen LogP) is 0.951. The molecule has 2 saturated heterocycles. The second-order valence-corrected chi connectivity index (χ2v) is 4.63. The number of likely N-dealkylation sites (tertiary alicyclic amines) is 2. The third-order valence-corrected chi connectivity index (χ3v) is 3.45. The normalized spacial score (nSPS) is 28.6. The summed E-state index contributed by atoms with van der Waals surface area (Å²) >= 11 is 0. The summed E-state index contributed by atoms with van der Waals surface area (Å²) in [5.41, 5.74) is 0. The van der Waals surface area contributed by atoms with E-state index in [1.807, 2.05) is 4.90 Å². The van der Waals surface area contributed by atoms with Gasteiger partial charge in [0.05, 0.1) is 0 Å². The number of amides is 1. The highest BCUT2D eigenvalue weighted by molar-refractivity contribution is 5.73. The zero-order chi connectivity index (χ0) is 9.97. The number of carbonyl (C=O) groups excluding carboxylic acids is 1. The molecule has 0 aromatic carbocycles. The van der Waals surface area contributed by atoms with Crippen molar-refractivity contribution < 1.29 is 4.79 Å². The van der Waals surface area contributed by atoms with Crippen LogP contribution in [0.3, 0.4) is 0 Å². The Kier molecular flexibility index (Phi) is 3.06. The van der Waals surface area contributed by atoms with Gasteiger partial charge in [0.1, 0.15) is 0 Å². The van der Waals surface area contributed by atoms with Gasteiger partial charge in [-0.05, 0) is 38.3 Å². The Hall–Kier alpha value is -0.570. The molecule has 0 bridgehead atoms. The summed E-state index contributed by atoms with van der Waals surface area (Å²) in [6.07, 6.45) is 3.93. The Morgan fingerprint density at radius 3 is 2.57 bits per heavy atom. The number of nitrogens with zero attached hydrogens (tertiary/aromatic N) is 2. The minimum atomic E-state index is 0.244. The van der Waals surface area contributed by atoms with Gasteiger partial charge in [0.15, 0.2) is 0 Å². The first-order chi connectivity index (χ1) is 6.75. The molecule has 14 heavy (non-hydrogen) atoms. The fourth-order valence-corrected chi connectivity index (χ4v) is 2.60. The Balaban J connectivity index is 1.75. The van der Waals surface area contributed by atoms with Crippen molar-refractivity contribution in [2.45, 2.75) is 26.2 Å². The fraction of sp³-hybridized carbons (Fsp3) is 0.909. The quantitative estimate of drug-likeness (QED) is 0.656. The molecule has 2 aliphatic heterocycles. The third-order valence-electron chi connectivity index (χ3n) is 3.45. The smallest absolute Gasteiger partial charge is 0.219 e. The first-order valence-corrected chi connectivity index (χ1v) is 5.73. The fourth-order valence-electron chi connectivity index (χ4n) is 2.60. The topological polar surface area (TPSA) is 23.6 Å². The number of carbonyl (C=O) groups is 1. The molecule has 2 rings (SSSR count). The summed E-state index contributed by atoms with van der Waals surface area (Å²) < 4.78 is 0. The maximum atomic E-state index is 11.1. The summed E-state index contributed by atoms with van der Waals surface area (Å²) in [6.45, 7) is 7.41. The molecule has 2 fully saturated rings. The molecule has 3 nitrogen and oxygen atoms in total. The van der Waals surface area contributed by atoms with Crippen LogP contribution < -0.4 is 0 Å². The van der Waals surface area contributed by atoms with Crippen LogP contribution in [0.25, 0.3) is 0 Å². The maximum Gasteiger partial charge on any atom is 0.219 e. The number of rotatable bonds is 2. The first-order valence-electron chi connectivity index (χ1n) is 5.73. The summed E-state index contributed by atoms with van der Waals surface area (Å²) in [4.78, 5) is 15.7. The predicted molar refractivity (Wildman–Crippen MR) is 56.0 cm³/mol. The van der Waals surface area contributed by atoms with Crippen molar-refractivity contribution in [2.75, 3.05) is 32.7 Å². The number of hydrogen-bond donors (Lipinski definition) is 0. The van der Waals surface area contributed by atoms with Crippen LogP contribution in [-0.2, 0) is 4.79 Å². The van der Waals surface area contributed by atoms with E-state index < -0.39 is 0 Å². The van der Waals surface area contributed by atoms with Crippen LogP contribution in [0.4, 0.5) is 0 Å². The van der Waals surface area contributed by atoms with Gasteiger partial charge in [-0.15, -0.1) is 0 Å². The molecule has 0 aliphatic carbocycles. The highest BCUT2D eigenvalue weighted by Gasteiger charge is 2.26. The average Bonchev–Trinajstić information content (AvgIpc) is 2.75. The van der Waals surface area contributed by atoms with Crippen LogP contribution in [-0.4, -0.2) is 48.4 Å². The minimum Gasteiger partial charge on any atom is -0.343 e. The van der Waals surface area contributed by atoms with Gasteiger partial charge in [-0.3, -0.25) is 4.79 Å². The minimum absolute atomic E-state index is 0.244. The van der Waals surface area contributed by atoms with Crippen LogP contribution in [0.1, 0.15) is 26.2 Å². The van der Waals surface area contributed by atoms with E-state index in [2.05, 4.69) is 4.90 Å². The molecular weight excluding hydrogens is 176 g/mol. The van der Waals surface area contributed by atoms with E-state index in [1.54, 1.807) is 6.92 Å². The van der Waals surface area contributed by atoms with E-state index in [1.165, 1.54) is 38.9 Å². The summed E-state index contributed by atoms with van der Waals surface area (Å²) in [7, 11) is 0. The van der Waals surface area contributed by atoms with Crippen LogP contribution in [0.15, 0.2) is 0 Å². The van der Waals surface area contributed by atoms with Crippen molar-refractivity contribution in [1.29, 1.82) is 0 Å². The molecule has 0 aromatic rings. The Morgan fingerprint density at radius 2 is 2.00 bits per heavy atom. The highest BCUT2D eigenvalue weighted by Crippen LogP contribution is 2.19. The van der Waals surface area contributed by atoms with Crippen molar-refractivity contribution in [2.24, 2.45) is 5.92 Å². The molecule has 0 radical (unpaired) electrons. The van der Waals surface area contributed by atoms with E-state index >= 15 is 0 Å². The maximum absolute atomic E-state index is 11.1. The molecule has 80 valence electrons. The molecule has 3 heteroatoms. The second-order valence-electron chi connectivity index (χ2n) is 4.63. The van der Waals surface area contributed by atoms with Crippen molar-refractivity contribution in [1.82, 2.24) is 9.80 Å². The second kappa shape index (κ2) is 4.30. The lowest BCUT2D eigenvalue weighted by molar-refractivity contribution is -0.127. The first kappa shape index (κ1) is 9.97. The Bertz CT molecular complexity index is 211. The summed E-state index contributed by atoms with van der Waals surface area (Å²) in [6, 6.07) is 0. The lowest BCUT2D eigenvalue weighted by Gasteiger charge is -2.19. The largest absolute Gasteiger partial charge is 0.343 e. The molecule has 0 N–H and O–H groups in total. The molecular formula is C11H20N2O. The number of hydrogen-bond acceptors (Lipinski definition) is 2. The van der Waals surface area contributed by atoms with E-state index in [0.717, 1.165) is 19.0 Å². The SMILES string of the molecule is CC(=O)N1CCC(CN2CCCC2)C1. The molecule has 0 aromatic heterocycles. The van der Waals surface area contributed by atoms with Crippen LogP contribution in [0.2, 0.25) is 0 Å². The standard InChI is InChI=1S/C11H20N2O/c1-10(14)13-7-4-11(9-13)8-12-5-2-3-6-12/h11H,2-9H2,1H3. The zero-order valence-corrected chi connectivity index (χ0v) is 9.04. The van der Waals surface area contributed by atoms with Gasteiger partial charge in [0, 0.05) is 26.6 Å². The monoisotopic (exact) mass is 196 g/mol. The average molecular weight is 196 g/mol. The third kappa shape index (κ3) is 2.27. The van der Waals surface area contributed by atoms with Gasteiger partial charge in [-0.25, -0.2) is 0 Å². The van der Waals surface area contributed by atoms with Gasteiger partial charge in [0.25, 0.3) is 0 Å². The highest BCUT2D eigenvalue weighted by atomic mass is 16.2. The van der Waals surface area contributed by atoms with Crippen LogP contribution >= 0.6 is 0 Å². The van der Waals surface area contributed by atoms with E-state index in [9.17, 15) is 4.79 Å². The summed E-state index contributed by atoms with van der Waals surface area (Å²) in [5.74, 6) is 0.978. The molecule has 2 heterocycles. The molecule has 2 aliphatic rings. The Morgan fingerprint density at radius 1 is 1.29 bits per heavy atom. The van der Waals surface area contributed by atoms with Crippen LogP contribution in [0.5, 0.6) is 0 Å². The van der Waals surface area contributed by atoms with Crippen molar-refractivity contribution in [3.8, 4) is 0 Å². The van der Waals surface area contributed by atoms with Crippen molar-refractivity contribution >= 4 is 5.91 Å². The molecule has 1 unspecified atom stereocenters. The van der Waals surface area contributed by atoms with E-state index in [0.29, 0.717) is 0 Å².